The van der Waals surface area contributed by atoms with Crippen molar-refractivity contribution < 1.29 is 4.79 Å². The van der Waals surface area contributed by atoms with E-state index in [-0.39, 0.29) is 11.8 Å². The molecule has 1 aromatic carbocycles. The van der Waals surface area contributed by atoms with Crippen LogP contribution in [0.2, 0.25) is 5.02 Å². The molecule has 1 aliphatic heterocycles. The number of nitrogens with one attached hydrogen (secondary N) is 2. The second-order valence-electron chi connectivity index (χ2n) is 4.39. The van der Waals surface area contributed by atoms with E-state index in [4.69, 9.17) is 11.6 Å². The average Bonchev–Trinajstić information content (AvgIpc) is 2.37. The average molecular weight is 253 g/mol. The van der Waals surface area contributed by atoms with E-state index in [9.17, 15) is 4.79 Å². The molecule has 0 radical (unpaired) electrons. The first-order valence-electron chi connectivity index (χ1n) is 5.98. The Hall–Kier alpha value is -1.06. The molecule has 0 spiro atoms. The van der Waals surface area contributed by atoms with Gasteiger partial charge in [-0.05, 0) is 37.1 Å². The highest BCUT2D eigenvalue weighted by Crippen LogP contribution is 2.12. The van der Waals surface area contributed by atoms with Crippen LogP contribution in [0.25, 0.3) is 0 Å². The molecule has 0 aliphatic carbocycles. The largest absolute Gasteiger partial charge is 0.352 e. The smallest absolute Gasteiger partial charge is 0.224 e. The first kappa shape index (κ1) is 12.4. The number of carbonyl (C=O) groups is 1. The molecule has 92 valence electrons. The van der Waals surface area contributed by atoms with Gasteiger partial charge in [0, 0.05) is 18.1 Å². The molecule has 1 aromatic rings. The third kappa shape index (κ3) is 3.72. The van der Waals surface area contributed by atoms with Gasteiger partial charge in [-0.3, -0.25) is 4.79 Å². The summed E-state index contributed by atoms with van der Waals surface area (Å²) in [5.74, 6) is 0.250. The summed E-state index contributed by atoms with van der Waals surface area (Å²) < 4.78 is 0. The van der Waals surface area contributed by atoms with Crippen LogP contribution in [0.15, 0.2) is 24.3 Å². The Labute approximate surface area is 107 Å². The van der Waals surface area contributed by atoms with E-state index < -0.39 is 0 Å². The summed E-state index contributed by atoms with van der Waals surface area (Å²) in [5.41, 5.74) is 1.04. The van der Waals surface area contributed by atoms with Crippen molar-refractivity contribution in [3.05, 3.63) is 34.9 Å². The molecule has 0 saturated carbocycles. The van der Waals surface area contributed by atoms with Crippen LogP contribution in [0, 0.1) is 5.92 Å². The first-order chi connectivity index (χ1) is 8.25. The minimum atomic E-state index is 0.114. The maximum absolute atomic E-state index is 11.9. The lowest BCUT2D eigenvalue weighted by Crippen LogP contribution is -2.40. The van der Waals surface area contributed by atoms with Crippen LogP contribution in [0.3, 0.4) is 0 Å². The number of rotatable bonds is 3. The fourth-order valence-corrected chi connectivity index (χ4v) is 2.27. The molecule has 17 heavy (non-hydrogen) atoms. The SMILES string of the molecule is O=C(NCc1cccc(Cl)c1)[C@H]1CCCNC1. The van der Waals surface area contributed by atoms with Crippen molar-refractivity contribution in [3.8, 4) is 0 Å². The van der Waals surface area contributed by atoms with E-state index >= 15 is 0 Å². The van der Waals surface area contributed by atoms with Gasteiger partial charge in [0.2, 0.25) is 5.91 Å². The topological polar surface area (TPSA) is 41.1 Å². The molecule has 1 heterocycles. The Kier molecular flexibility index (Phi) is 4.40. The first-order valence-corrected chi connectivity index (χ1v) is 6.36. The summed E-state index contributed by atoms with van der Waals surface area (Å²) >= 11 is 5.89. The minimum absolute atomic E-state index is 0.114. The second kappa shape index (κ2) is 6.03. The van der Waals surface area contributed by atoms with E-state index in [1.807, 2.05) is 24.3 Å². The maximum Gasteiger partial charge on any atom is 0.224 e. The number of halogens is 1. The van der Waals surface area contributed by atoms with Crippen LogP contribution in [0.5, 0.6) is 0 Å². The Morgan fingerprint density at radius 2 is 2.41 bits per heavy atom. The summed E-state index contributed by atoms with van der Waals surface area (Å²) in [6.45, 7) is 2.37. The predicted molar refractivity (Wildman–Crippen MR) is 68.9 cm³/mol. The third-order valence-electron chi connectivity index (χ3n) is 3.02. The fourth-order valence-electron chi connectivity index (χ4n) is 2.06. The summed E-state index contributed by atoms with van der Waals surface area (Å²) in [6.07, 6.45) is 2.06. The molecule has 3 nitrogen and oxygen atoms in total. The highest BCUT2D eigenvalue weighted by molar-refractivity contribution is 6.30. The molecule has 1 amide bonds. The molecule has 1 aliphatic rings. The van der Waals surface area contributed by atoms with Gasteiger partial charge in [-0.1, -0.05) is 23.7 Å². The Morgan fingerprint density at radius 3 is 3.12 bits per heavy atom. The molecule has 4 heteroatoms. The molecule has 1 fully saturated rings. The van der Waals surface area contributed by atoms with Gasteiger partial charge in [0.05, 0.1) is 5.92 Å². The molecule has 1 atom stereocenters. The highest BCUT2D eigenvalue weighted by Gasteiger charge is 2.20. The second-order valence-corrected chi connectivity index (χ2v) is 4.83. The van der Waals surface area contributed by atoms with Crippen molar-refractivity contribution in [2.75, 3.05) is 13.1 Å². The summed E-state index contributed by atoms with van der Waals surface area (Å²) in [5, 5.41) is 6.90. The van der Waals surface area contributed by atoms with Crippen LogP contribution in [0.4, 0.5) is 0 Å². The predicted octanol–water partition coefficient (Wildman–Crippen LogP) is 1.96. The van der Waals surface area contributed by atoms with Crippen molar-refractivity contribution >= 4 is 17.5 Å². The zero-order valence-electron chi connectivity index (χ0n) is 9.71. The van der Waals surface area contributed by atoms with Crippen LogP contribution in [-0.2, 0) is 11.3 Å². The monoisotopic (exact) mass is 252 g/mol. The summed E-state index contributed by atoms with van der Waals surface area (Å²) in [6, 6.07) is 7.57. The molecule has 1 saturated heterocycles. The highest BCUT2D eigenvalue weighted by atomic mass is 35.5. The van der Waals surface area contributed by atoms with Crippen LogP contribution < -0.4 is 10.6 Å². The molecule has 2 N–H and O–H groups in total. The normalized spacial score (nSPS) is 19.9. The third-order valence-corrected chi connectivity index (χ3v) is 3.26. The van der Waals surface area contributed by atoms with Crippen molar-refractivity contribution in [2.45, 2.75) is 19.4 Å². The van der Waals surface area contributed by atoms with Gasteiger partial charge in [0.25, 0.3) is 0 Å². The molecule has 2 rings (SSSR count). The quantitative estimate of drug-likeness (QED) is 0.864. The van der Waals surface area contributed by atoms with Crippen molar-refractivity contribution in [1.82, 2.24) is 10.6 Å². The zero-order valence-corrected chi connectivity index (χ0v) is 10.5. The van der Waals surface area contributed by atoms with Gasteiger partial charge < -0.3 is 10.6 Å². The van der Waals surface area contributed by atoms with Crippen LogP contribution in [0.1, 0.15) is 18.4 Å². The lowest BCUT2D eigenvalue weighted by Gasteiger charge is -2.21. The van der Waals surface area contributed by atoms with Crippen molar-refractivity contribution in [3.63, 3.8) is 0 Å². The number of hydrogen-bond acceptors (Lipinski definition) is 2. The molecule has 0 bridgehead atoms. The van der Waals surface area contributed by atoms with E-state index in [1.54, 1.807) is 0 Å². The number of benzene rings is 1. The molecule has 0 unspecified atom stereocenters. The maximum atomic E-state index is 11.9. The van der Waals surface area contributed by atoms with Gasteiger partial charge in [-0.15, -0.1) is 0 Å². The Bertz CT molecular complexity index is 389. The van der Waals surface area contributed by atoms with E-state index in [1.165, 1.54) is 0 Å². The van der Waals surface area contributed by atoms with Gasteiger partial charge in [-0.25, -0.2) is 0 Å². The van der Waals surface area contributed by atoms with Gasteiger partial charge >= 0.3 is 0 Å². The van der Waals surface area contributed by atoms with Gasteiger partial charge in [0.1, 0.15) is 0 Å². The van der Waals surface area contributed by atoms with Crippen LogP contribution >= 0.6 is 11.6 Å². The lowest BCUT2D eigenvalue weighted by molar-refractivity contribution is -0.125. The number of hydrogen-bond donors (Lipinski definition) is 2. The summed E-state index contributed by atoms with van der Waals surface area (Å²) in [7, 11) is 0. The Balaban J connectivity index is 1.83. The lowest BCUT2D eigenvalue weighted by atomic mass is 9.99. The van der Waals surface area contributed by atoms with E-state index in [2.05, 4.69) is 10.6 Å². The fraction of sp³-hybridized carbons (Fsp3) is 0.462. The number of carbonyl (C=O) groups excluding carboxylic acids is 1. The van der Waals surface area contributed by atoms with Crippen molar-refractivity contribution in [1.29, 1.82) is 0 Å². The van der Waals surface area contributed by atoms with E-state index in [0.717, 1.165) is 31.5 Å². The Morgan fingerprint density at radius 1 is 1.53 bits per heavy atom. The van der Waals surface area contributed by atoms with Crippen LogP contribution in [-0.4, -0.2) is 19.0 Å². The van der Waals surface area contributed by atoms with Gasteiger partial charge in [-0.2, -0.15) is 0 Å². The standard InChI is InChI=1S/C13H17ClN2O/c14-12-5-1-3-10(7-12)8-16-13(17)11-4-2-6-15-9-11/h1,3,5,7,11,15H,2,4,6,8-9H2,(H,16,17)/t11-/m0/s1. The number of piperidine rings is 1. The van der Waals surface area contributed by atoms with Crippen molar-refractivity contribution in [2.24, 2.45) is 5.92 Å². The summed E-state index contributed by atoms with van der Waals surface area (Å²) in [4.78, 5) is 11.9. The number of amides is 1. The molecular weight excluding hydrogens is 236 g/mol. The van der Waals surface area contributed by atoms with E-state index in [0.29, 0.717) is 11.6 Å². The zero-order chi connectivity index (χ0) is 12.1. The molecule has 0 aromatic heterocycles. The van der Waals surface area contributed by atoms with Gasteiger partial charge in [0.15, 0.2) is 0 Å². The minimum Gasteiger partial charge on any atom is -0.352 e. The molecular formula is C13H17ClN2O.